The van der Waals surface area contributed by atoms with E-state index in [2.05, 4.69) is 11.5 Å². The molecule has 0 bridgehead atoms. The summed E-state index contributed by atoms with van der Waals surface area (Å²) >= 11 is 0. The van der Waals surface area contributed by atoms with Gasteiger partial charge in [-0.15, -0.1) is 0 Å². The number of nitrogens with one attached hydrogen (secondary N) is 1. The maximum Gasteiger partial charge on any atom is 0.256 e. The van der Waals surface area contributed by atoms with E-state index in [4.69, 9.17) is 14.5 Å². The first-order valence-electron chi connectivity index (χ1n) is 11.2. The van der Waals surface area contributed by atoms with Gasteiger partial charge in [0.15, 0.2) is 0 Å². The fourth-order valence-corrected chi connectivity index (χ4v) is 5.18. The third-order valence-corrected chi connectivity index (χ3v) is 7.02. The first kappa shape index (κ1) is 18.9. The van der Waals surface area contributed by atoms with Gasteiger partial charge in [0.1, 0.15) is 11.4 Å². The van der Waals surface area contributed by atoms with Crippen LogP contribution < -0.4 is 10.1 Å². The third-order valence-electron chi connectivity index (χ3n) is 7.02. The number of aromatic nitrogens is 2. The number of amides is 1. The predicted octanol–water partition coefficient (Wildman–Crippen LogP) is 3.94. The van der Waals surface area contributed by atoms with E-state index in [1.807, 2.05) is 16.7 Å². The molecule has 0 aromatic carbocycles. The second-order valence-corrected chi connectivity index (χ2v) is 9.01. The molecule has 2 aromatic heterocycles. The average molecular weight is 398 g/mol. The molecule has 1 saturated heterocycles. The summed E-state index contributed by atoms with van der Waals surface area (Å²) in [5, 5.41) is 3.29. The summed E-state index contributed by atoms with van der Waals surface area (Å²) in [6, 6.07) is 2.16. The number of nitrogens with zero attached hydrogens (tertiary/aromatic N) is 2. The Morgan fingerprint density at radius 3 is 2.72 bits per heavy atom. The molecule has 2 aliphatic carbocycles. The monoisotopic (exact) mass is 397 g/mol. The smallest absolute Gasteiger partial charge is 0.256 e. The van der Waals surface area contributed by atoms with Crippen LogP contribution in [-0.4, -0.2) is 41.7 Å². The number of imidazole rings is 1. The van der Waals surface area contributed by atoms with Crippen molar-refractivity contribution in [1.82, 2.24) is 14.7 Å². The number of fused-ring (bicyclic) bond motifs is 1. The van der Waals surface area contributed by atoms with E-state index in [-0.39, 0.29) is 11.9 Å². The molecular formula is C23H31N3O3. The lowest BCUT2D eigenvalue weighted by atomic mass is 9.82. The van der Waals surface area contributed by atoms with Crippen molar-refractivity contribution in [2.45, 2.75) is 63.3 Å². The van der Waals surface area contributed by atoms with Crippen molar-refractivity contribution >= 4 is 11.6 Å². The van der Waals surface area contributed by atoms with E-state index in [1.165, 1.54) is 25.7 Å². The minimum atomic E-state index is -0.0356. The van der Waals surface area contributed by atoms with Crippen LogP contribution in [0.3, 0.4) is 0 Å². The van der Waals surface area contributed by atoms with Gasteiger partial charge in [-0.25, -0.2) is 4.98 Å². The molecule has 0 spiro atoms. The topological polar surface area (TPSA) is 64.9 Å². The molecule has 1 N–H and O–H groups in total. The first-order chi connectivity index (χ1) is 14.2. The van der Waals surface area contributed by atoms with E-state index in [9.17, 15) is 4.79 Å². The van der Waals surface area contributed by atoms with Crippen LogP contribution >= 0.6 is 0 Å². The summed E-state index contributed by atoms with van der Waals surface area (Å²) < 4.78 is 13.0. The molecule has 2 saturated carbocycles. The summed E-state index contributed by atoms with van der Waals surface area (Å²) in [6.45, 7) is 1.58. The molecule has 6 heteroatoms. The zero-order valence-electron chi connectivity index (χ0n) is 17.2. The van der Waals surface area contributed by atoms with Gasteiger partial charge in [0.05, 0.1) is 18.4 Å². The summed E-state index contributed by atoms with van der Waals surface area (Å²) in [6.07, 6.45) is 13.5. The zero-order chi connectivity index (χ0) is 19.8. The Labute approximate surface area is 172 Å². The van der Waals surface area contributed by atoms with Gasteiger partial charge >= 0.3 is 0 Å². The average Bonchev–Trinajstić information content (AvgIpc) is 3.52. The van der Waals surface area contributed by atoms with Crippen molar-refractivity contribution in [2.75, 3.05) is 20.3 Å². The Morgan fingerprint density at radius 1 is 1.14 bits per heavy atom. The van der Waals surface area contributed by atoms with Gasteiger partial charge in [0.2, 0.25) is 0 Å². The number of ether oxygens (including phenoxy) is 2. The number of carbonyl (C=O) groups is 1. The fourth-order valence-electron chi connectivity index (χ4n) is 5.18. The number of carbonyl (C=O) groups excluding carboxylic acids is 1. The number of pyridine rings is 1. The molecule has 3 heterocycles. The third kappa shape index (κ3) is 4.00. The molecule has 1 amide bonds. The van der Waals surface area contributed by atoms with E-state index in [1.54, 1.807) is 7.11 Å². The second-order valence-electron chi connectivity index (χ2n) is 9.01. The Kier molecular flexibility index (Phi) is 5.20. The first-order valence-corrected chi connectivity index (χ1v) is 11.2. The van der Waals surface area contributed by atoms with Crippen LogP contribution in [0.4, 0.5) is 0 Å². The summed E-state index contributed by atoms with van der Waals surface area (Å²) in [7, 11) is 1.62. The van der Waals surface area contributed by atoms with Crippen molar-refractivity contribution in [3.05, 3.63) is 29.7 Å². The minimum Gasteiger partial charge on any atom is -0.496 e. The molecular weight excluding hydrogens is 366 g/mol. The van der Waals surface area contributed by atoms with Crippen molar-refractivity contribution < 1.29 is 14.3 Å². The molecule has 2 aromatic rings. The lowest BCUT2D eigenvalue weighted by Gasteiger charge is -2.30. The van der Waals surface area contributed by atoms with Gasteiger partial charge in [-0.05, 0) is 50.4 Å². The van der Waals surface area contributed by atoms with Crippen LogP contribution in [0.25, 0.3) is 5.65 Å². The molecule has 3 aliphatic rings. The molecule has 0 unspecified atom stereocenters. The maximum atomic E-state index is 13.1. The highest BCUT2D eigenvalue weighted by Crippen LogP contribution is 2.44. The van der Waals surface area contributed by atoms with Gasteiger partial charge in [0.25, 0.3) is 5.91 Å². The Morgan fingerprint density at radius 2 is 1.97 bits per heavy atom. The molecule has 0 radical (unpaired) electrons. The van der Waals surface area contributed by atoms with Gasteiger partial charge in [0, 0.05) is 43.6 Å². The summed E-state index contributed by atoms with van der Waals surface area (Å²) in [5.74, 6) is 2.69. The van der Waals surface area contributed by atoms with Crippen LogP contribution in [0, 0.1) is 11.8 Å². The molecule has 1 aliphatic heterocycles. The van der Waals surface area contributed by atoms with E-state index >= 15 is 0 Å². The maximum absolute atomic E-state index is 13.1. The van der Waals surface area contributed by atoms with Crippen LogP contribution in [0.2, 0.25) is 0 Å². The molecule has 29 heavy (non-hydrogen) atoms. The largest absolute Gasteiger partial charge is 0.496 e. The van der Waals surface area contributed by atoms with Gasteiger partial charge in [-0.2, -0.15) is 0 Å². The highest BCUT2D eigenvalue weighted by atomic mass is 16.5. The predicted molar refractivity (Wildman–Crippen MR) is 110 cm³/mol. The molecule has 6 nitrogen and oxygen atoms in total. The van der Waals surface area contributed by atoms with Crippen LogP contribution in [-0.2, 0) is 4.74 Å². The number of hydrogen-bond acceptors (Lipinski definition) is 4. The van der Waals surface area contributed by atoms with Crippen LogP contribution in [0.5, 0.6) is 5.75 Å². The van der Waals surface area contributed by atoms with E-state index in [0.717, 1.165) is 62.1 Å². The molecule has 2 atom stereocenters. The van der Waals surface area contributed by atoms with Crippen molar-refractivity contribution in [3.63, 3.8) is 0 Å². The SMILES string of the molecule is COc1cc2nc(C3CCOCC3)cn2cc1C(=O)N[C@@H]1CCC[C@H](C2CC2)C1. The summed E-state index contributed by atoms with van der Waals surface area (Å²) in [5.41, 5.74) is 2.49. The van der Waals surface area contributed by atoms with E-state index < -0.39 is 0 Å². The van der Waals surface area contributed by atoms with Gasteiger partial charge < -0.3 is 19.2 Å². The lowest BCUT2D eigenvalue weighted by Crippen LogP contribution is -2.39. The van der Waals surface area contributed by atoms with Crippen LogP contribution in [0.1, 0.15) is 73.3 Å². The van der Waals surface area contributed by atoms with Crippen molar-refractivity contribution in [2.24, 2.45) is 11.8 Å². The minimum absolute atomic E-state index is 0.0356. The Balaban J connectivity index is 1.35. The normalized spacial score (nSPS) is 25.8. The molecule has 156 valence electrons. The zero-order valence-corrected chi connectivity index (χ0v) is 17.2. The highest BCUT2D eigenvalue weighted by molar-refractivity contribution is 5.97. The highest BCUT2D eigenvalue weighted by Gasteiger charge is 2.35. The Bertz CT molecular complexity index is 883. The van der Waals surface area contributed by atoms with Crippen LogP contribution in [0.15, 0.2) is 18.5 Å². The fraction of sp³-hybridized carbons (Fsp3) is 0.652. The molecule has 3 fully saturated rings. The second kappa shape index (κ2) is 7.98. The molecule has 5 rings (SSSR count). The lowest BCUT2D eigenvalue weighted by molar-refractivity contribution is 0.0846. The van der Waals surface area contributed by atoms with Crippen molar-refractivity contribution in [1.29, 1.82) is 0 Å². The van der Waals surface area contributed by atoms with Crippen molar-refractivity contribution in [3.8, 4) is 5.75 Å². The van der Waals surface area contributed by atoms with Gasteiger partial charge in [-0.3, -0.25) is 4.79 Å². The Hall–Kier alpha value is -2.08. The van der Waals surface area contributed by atoms with Gasteiger partial charge in [-0.1, -0.05) is 12.8 Å². The van der Waals surface area contributed by atoms with E-state index in [0.29, 0.717) is 17.2 Å². The summed E-state index contributed by atoms with van der Waals surface area (Å²) in [4.78, 5) is 17.9. The standard InChI is InChI=1S/C23H31N3O3/c1-28-21-12-22-25-20(16-7-9-29-10-8-16)14-26(22)13-19(21)23(27)24-18-4-2-3-17(11-18)15-5-6-15/h12-18H,2-11H2,1H3,(H,24,27)/t17-,18+/m0/s1. The number of methoxy groups -OCH3 is 1. The number of hydrogen-bond donors (Lipinski definition) is 1. The number of rotatable bonds is 5. The quantitative estimate of drug-likeness (QED) is 0.830.